The van der Waals surface area contributed by atoms with Crippen molar-refractivity contribution in [3.05, 3.63) is 88.9 Å². The van der Waals surface area contributed by atoms with E-state index in [1.54, 1.807) is 12.1 Å². The standard InChI is InChI=1S/C25H23ClN4OS/c1-3-18-10-13-21(14-11-18)30-24(19-7-5-4-6-8-19)28-29-25(30)32-16-23(31)27-22-15-20(26)12-9-17(22)2/h4-15H,3,16H2,1-2H3,(H,27,31). The summed E-state index contributed by atoms with van der Waals surface area (Å²) in [4.78, 5) is 12.6. The predicted molar refractivity (Wildman–Crippen MR) is 132 cm³/mol. The molecule has 1 heterocycles. The molecule has 4 rings (SSSR count). The van der Waals surface area contributed by atoms with Gasteiger partial charge in [0.25, 0.3) is 0 Å². The van der Waals surface area contributed by atoms with Crippen LogP contribution in [0.15, 0.2) is 78.0 Å². The summed E-state index contributed by atoms with van der Waals surface area (Å²) in [6.07, 6.45) is 0.971. The highest BCUT2D eigenvalue weighted by molar-refractivity contribution is 7.99. The molecule has 4 aromatic rings. The Labute approximate surface area is 196 Å². The quantitative estimate of drug-likeness (QED) is 0.333. The lowest BCUT2D eigenvalue weighted by atomic mass is 10.1. The van der Waals surface area contributed by atoms with Gasteiger partial charge in [0.2, 0.25) is 5.91 Å². The summed E-state index contributed by atoms with van der Waals surface area (Å²) in [6, 6.07) is 23.7. The number of halogens is 1. The van der Waals surface area contributed by atoms with E-state index in [0.29, 0.717) is 15.9 Å². The molecule has 7 heteroatoms. The molecule has 0 aliphatic carbocycles. The van der Waals surface area contributed by atoms with Crippen LogP contribution in [0.1, 0.15) is 18.1 Å². The molecule has 3 aromatic carbocycles. The zero-order chi connectivity index (χ0) is 22.5. The maximum Gasteiger partial charge on any atom is 0.234 e. The van der Waals surface area contributed by atoms with E-state index in [1.165, 1.54) is 17.3 Å². The second-order valence-electron chi connectivity index (χ2n) is 7.32. The Morgan fingerprint density at radius 3 is 2.50 bits per heavy atom. The fourth-order valence-electron chi connectivity index (χ4n) is 3.30. The number of aryl methyl sites for hydroxylation is 2. The minimum Gasteiger partial charge on any atom is -0.325 e. The van der Waals surface area contributed by atoms with E-state index < -0.39 is 0 Å². The Balaban J connectivity index is 1.60. The van der Waals surface area contributed by atoms with Crippen molar-refractivity contribution in [2.24, 2.45) is 0 Å². The van der Waals surface area contributed by atoms with Crippen LogP contribution in [0.4, 0.5) is 5.69 Å². The van der Waals surface area contributed by atoms with Crippen LogP contribution in [0.3, 0.4) is 0 Å². The molecule has 0 aliphatic rings. The molecule has 5 nitrogen and oxygen atoms in total. The zero-order valence-electron chi connectivity index (χ0n) is 17.9. The highest BCUT2D eigenvalue weighted by Gasteiger charge is 2.17. The number of anilines is 1. The van der Waals surface area contributed by atoms with Crippen molar-refractivity contribution in [1.82, 2.24) is 14.8 Å². The normalized spacial score (nSPS) is 10.8. The molecule has 0 saturated heterocycles. The summed E-state index contributed by atoms with van der Waals surface area (Å²) >= 11 is 7.42. The molecule has 0 spiro atoms. The third kappa shape index (κ3) is 5.03. The topological polar surface area (TPSA) is 59.8 Å². The molecule has 0 saturated carbocycles. The van der Waals surface area contributed by atoms with Gasteiger partial charge in [-0.1, -0.05) is 78.8 Å². The van der Waals surface area contributed by atoms with Gasteiger partial charge in [-0.15, -0.1) is 10.2 Å². The molecular weight excluding hydrogens is 440 g/mol. The first-order valence-corrected chi connectivity index (χ1v) is 11.7. The van der Waals surface area contributed by atoms with Gasteiger partial charge >= 0.3 is 0 Å². The summed E-state index contributed by atoms with van der Waals surface area (Å²) < 4.78 is 2.00. The van der Waals surface area contributed by atoms with Crippen molar-refractivity contribution in [1.29, 1.82) is 0 Å². The van der Waals surface area contributed by atoms with Gasteiger partial charge in [-0.3, -0.25) is 9.36 Å². The molecule has 1 amide bonds. The first-order valence-electron chi connectivity index (χ1n) is 10.3. The van der Waals surface area contributed by atoms with Crippen LogP contribution in [0.2, 0.25) is 5.02 Å². The molecule has 0 atom stereocenters. The minimum atomic E-state index is -0.127. The van der Waals surface area contributed by atoms with Gasteiger partial charge in [0, 0.05) is 22.0 Å². The number of aromatic nitrogens is 3. The number of carbonyl (C=O) groups excluding carboxylic acids is 1. The van der Waals surface area contributed by atoms with E-state index in [4.69, 9.17) is 11.6 Å². The van der Waals surface area contributed by atoms with Crippen LogP contribution in [0.5, 0.6) is 0 Å². The maximum atomic E-state index is 12.6. The third-order valence-corrected chi connectivity index (χ3v) is 6.24. The monoisotopic (exact) mass is 462 g/mol. The Kier molecular flexibility index (Phi) is 6.93. The lowest BCUT2D eigenvalue weighted by Crippen LogP contribution is -2.15. The molecular formula is C25H23ClN4OS. The average molecular weight is 463 g/mol. The average Bonchev–Trinajstić information content (AvgIpc) is 3.25. The molecule has 0 fully saturated rings. The minimum absolute atomic E-state index is 0.127. The second-order valence-corrected chi connectivity index (χ2v) is 8.70. The van der Waals surface area contributed by atoms with E-state index >= 15 is 0 Å². The molecule has 0 unspecified atom stereocenters. The van der Waals surface area contributed by atoms with Gasteiger partial charge in [0.15, 0.2) is 11.0 Å². The number of hydrogen-bond donors (Lipinski definition) is 1. The highest BCUT2D eigenvalue weighted by atomic mass is 35.5. The van der Waals surface area contributed by atoms with Crippen molar-refractivity contribution in [2.75, 3.05) is 11.1 Å². The van der Waals surface area contributed by atoms with Gasteiger partial charge in [-0.25, -0.2) is 0 Å². The van der Waals surface area contributed by atoms with Crippen molar-refractivity contribution in [2.45, 2.75) is 25.4 Å². The Morgan fingerprint density at radius 2 is 1.78 bits per heavy atom. The molecule has 0 radical (unpaired) electrons. The van der Waals surface area contributed by atoms with Gasteiger partial charge in [-0.05, 0) is 48.7 Å². The molecule has 32 heavy (non-hydrogen) atoms. The van der Waals surface area contributed by atoms with Crippen LogP contribution in [-0.2, 0) is 11.2 Å². The van der Waals surface area contributed by atoms with Gasteiger partial charge in [-0.2, -0.15) is 0 Å². The van der Waals surface area contributed by atoms with Gasteiger partial charge in [0.1, 0.15) is 0 Å². The van der Waals surface area contributed by atoms with Crippen LogP contribution in [0, 0.1) is 6.92 Å². The summed E-state index contributed by atoms with van der Waals surface area (Å²) in [5.41, 5.74) is 4.85. The highest BCUT2D eigenvalue weighted by Crippen LogP contribution is 2.28. The Hall–Kier alpha value is -3.09. The maximum absolute atomic E-state index is 12.6. The number of nitrogens with zero attached hydrogens (tertiary/aromatic N) is 3. The first-order chi connectivity index (χ1) is 15.5. The molecule has 162 valence electrons. The summed E-state index contributed by atoms with van der Waals surface area (Å²) in [5, 5.41) is 13.0. The summed E-state index contributed by atoms with van der Waals surface area (Å²) in [5.74, 6) is 0.812. The first kappa shape index (κ1) is 22.1. The van der Waals surface area contributed by atoms with Crippen LogP contribution in [0.25, 0.3) is 17.1 Å². The van der Waals surface area contributed by atoms with Crippen molar-refractivity contribution in [3.63, 3.8) is 0 Å². The predicted octanol–water partition coefficient (Wildman–Crippen LogP) is 6.19. The van der Waals surface area contributed by atoms with Crippen LogP contribution in [-0.4, -0.2) is 26.4 Å². The van der Waals surface area contributed by atoms with Gasteiger partial charge < -0.3 is 5.32 Å². The van der Waals surface area contributed by atoms with Crippen LogP contribution < -0.4 is 5.32 Å². The largest absolute Gasteiger partial charge is 0.325 e. The van der Waals surface area contributed by atoms with E-state index in [2.05, 4.69) is 46.7 Å². The summed E-state index contributed by atoms with van der Waals surface area (Å²) in [7, 11) is 0. The van der Waals surface area contributed by atoms with Gasteiger partial charge in [0.05, 0.1) is 5.75 Å². The lowest BCUT2D eigenvalue weighted by molar-refractivity contribution is -0.113. The number of nitrogens with one attached hydrogen (secondary N) is 1. The number of carbonyl (C=O) groups is 1. The van der Waals surface area contributed by atoms with Crippen molar-refractivity contribution >= 4 is 35.0 Å². The smallest absolute Gasteiger partial charge is 0.234 e. The van der Waals surface area contributed by atoms with E-state index in [1.807, 2.05) is 47.9 Å². The fourth-order valence-corrected chi connectivity index (χ4v) is 4.22. The molecule has 1 N–H and O–H groups in total. The second kappa shape index (κ2) is 10.0. The number of rotatable bonds is 7. The number of amides is 1. The molecule has 0 bridgehead atoms. The van der Waals surface area contributed by atoms with Crippen LogP contribution >= 0.6 is 23.4 Å². The van der Waals surface area contributed by atoms with Crippen molar-refractivity contribution in [3.8, 4) is 17.1 Å². The lowest BCUT2D eigenvalue weighted by Gasteiger charge is -2.12. The van der Waals surface area contributed by atoms with Crippen molar-refractivity contribution < 1.29 is 4.79 Å². The summed E-state index contributed by atoms with van der Waals surface area (Å²) in [6.45, 7) is 4.06. The third-order valence-electron chi connectivity index (χ3n) is 5.07. The number of benzene rings is 3. The molecule has 0 aliphatic heterocycles. The fraction of sp³-hybridized carbons (Fsp3) is 0.160. The number of thioether (sulfide) groups is 1. The molecule has 1 aromatic heterocycles. The van der Waals surface area contributed by atoms with E-state index in [0.717, 1.165) is 29.1 Å². The number of hydrogen-bond acceptors (Lipinski definition) is 4. The van der Waals surface area contributed by atoms with E-state index in [9.17, 15) is 4.79 Å². The Morgan fingerprint density at radius 1 is 1.03 bits per heavy atom. The zero-order valence-corrected chi connectivity index (χ0v) is 19.5. The van der Waals surface area contributed by atoms with E-state index in [-0.39, 0.29) is 11.7 Å². The SMILES string of the molecule is CCc1ccc(-n2c(SCC(=O)Nc3cc(Cl)ccc3C)nnc2-c2ccccc2)cc1. The Bertz CT molecular complexity index is 1220.